The molecule has 16 nitrogen and oxygen atoms in total. The van der Waals surface area contributed by atoms with Gasteiger partial charge in [-0.15, -0.1) is 0 Å². The molecule has 0 spiro atoms. The van der Waals surface area contributed by atoms with E-state index in [2.05, 4.69) is 21.3 Å². The molecule has 0 radical (unpaired) electrons. The number of Topliss-reactive ketones (excluding diaryl/α,β-unsaturated/α-hetero) is 2. The minimum absolute atomic E-state index is 0.117. The second-order valence-corrected chi connectivity index (χ2v) is 14.0. The van der Waals surface area contributed by atoms with Crippen LogP contribution in [0.4, 0.5) is 0 Å². The second-order valence-electron chi connectivity index (χ2n) is 14.0. The van der Waals surface area contributed by atoms with Crippen LogP contribution in [0.5, 0.6) is 0 Å². The standard InChI is InChI=1S/C39H46N6O10/c1-20(2)30(34(48)40-22(5)38(52)53)42-36(50)32(46)26-18-44(28-14-9-7-12-24(26)28)16-11-17-45-19-27(25-13-8-10-15-29(25)45)33(47)37(51)43-31(21(3)4)35(49)41-23(6)39(54)55/h7-10,12-15,18-23,30-31H,11,16-17H2,1-6H3,(H,40,48)(H,41,49)(H,42,50)(H,43,51)(H,52,53)(H,54,55)/t22-,23-,30-,31-/m0/s1. The van der Waals surface area contributed by atoms with E-state index in [0.29, 0.717) is 41.3 Å². The zero-order chi connectivity index (χ0) is 40.7. The highest BCUT2D eigenvalue weighted by molar-refractivity contribution is 6.46. The Labute approximate surface area is 316 Å². The van der Waals surface area contributed by atoms with E-state index in [1.54, 1.807) is 88.6 Å². The lowest BCUT2D eigenvalue weighted by atomic mass is 10.0. The van der Waals surface area contributed by atoms with Crippen LogP contribution in [0, 0.1) is 11.8 Å². The van der Waals surface area contributed by atoms with Crippen molar-refractivity contribution in [3.63, 3.8) is 0 Å². The third-order valence-electron chi connectivity index (χ3n) is 9.21. The largest absolute Gasteiger partial charge is 0.480 e. The number of aryl methyl sites for hydroxylation is 2. The fourth-order valence-corrected chi connectivity index (χ4v) is 6.09. The minimum atomic E-state index is -1.25. The van der Waals surface area contributed by atoms with E-state index in [-0.39, 0.29) is 11.1 Å². The van der Waals surface area contributed by atoms with E-state index in [1.807, 2.05) is 9.13 Å². The Morgan fingerprint density at radius 1 is 0.545 bits per heavy atom. The quantitative estimate of drug-likeness (QED) is 0.0641. The first kappa shape index (κ1) is 41.4. The number of aliphatic carboxylic acids is 2. The Hall–Kier alpha value is -6.32. The molecule has 16 heteroatoms. The van der Waals surface area contributed by atoms with Gasteiger partial charge < -0.3 is 40.6 Å². The van der Waals surface area contributed by atoms with Crippen LogP contribution >= 0.6 is 0 Å². The molecule has 6 N–H and O–H groups in total. The molecule has 0 fully saturated rings. The van der Waals surface area contributed by atoms with Crippen molar-refractivity contribution in [3.8, 4) is 0 Å². The summed E-state index contributed by atoms with van der Waals surface area (Å²) in [5, 5.41) is 28.9. The summed E-state index contributed by atoms with van der Waals surface area (Å²) in [5.41, 5.74) is 1.59. The number of carbonyl (C=O) groups is 8. The molecular formula is C39H46N6O10. The SMILES string of the molecule is CC(C)[C@H](NC(=O)C(=O)c1cn(CCCn2cc(C(=O)C(=O)N[C@H](C(=O)N[C@@H](C)C(=O)O)C(C)C)c3ccccc32)c2ccccc12)C(=O)N[C@@H](C)C(=O)O. The smallest absolute Gasteiger partial charge is 0.325 e. The van der Waals surface area contributed by atoms with Crippen LogP contribution in [0.3, 0.4) is 0 Å². The molecular weight excluding hydrogens is 712 g/mol. The zero-order valence-corrected chi connectivity index (χ0v) is 31.4. The molecule has 55 heavy (non-hydrogen) atoms. The summed E-state index contributed by atoms with van der Waals surface area (Å²) in [6.45, 7) is 9.97. The molecule has 0 aliphatic rings. The maximum absolute atomic E-state index is 13.5. The highest BCUT2D eigenvalue weighted by atomic mass is 16.4. The Bertz CT molecular complexity index is 2000. The third-order valence-corrected chi connectivity index (χ3v) is 9.21. The van der Waals surface area contributed by atoms with Crippen LogP contribution in [-0.4, -0.2) is 90.6 Å². The van der Waals surface area contributed by atoms with E-state index in [9.17, 15) is 38.4 Å². The van der Waals surface area contributed by atoms with Gasteiger partial charge in [0.05, 0.1) is 11.1 Å². The number of aromatic nitrogens is 2. The molecule has 0 aliphatic carbocycles. The van der Waals surface area contributed by atoms with Gasteiger partial charge in [-0.2, -0.15) is 0 Å². The number of ketones is 2. The minimum Gasteiger partial charge on any atom is -0.480 e. The van der Waals surface area contributed by atoms with Crippen molar-refractivity contribution >= 4 is 68.9 Å². The molecule has 0 aliphatic heterocycles. The molecule has 4 atom stereocenters. The van der Waals surface area contributed by atoms with E-state index >= 15 is 0 Å². The van der Waals surface area contributed by atoms with Gasteiger partial charge in [0.2, 0.25) is 11.8 Å². The molecule has 292 valence electrons. The zero-order valence-electron chi connectivity index (χ0n) is 31.4. The summed E-state index contributed by atoms with van der Waals surface area (Å²) >= 11 is 0. The fourth-order valence-electron chi connectivity index (χ4n) is 6.09. The number of carboxylic acids is 2. The molecule has 0 bridgehead atoms. The average molecular weight is 759 g/mol. The third kappa shape index (κ3) is 9.62. The average Bonchev–Trinajstić information content (AvgIpc) is 3.70. The maximum Gasteiger partial charge on any atom is 0.325 e. The first-order valence-corrected chi connectivity index (χ1v) is 17.8. The van der Waals surface area contributed by atoms with Gasteiger partial charge >= 0.3 is 11.9 Å². The molecule has 2 aromatic heterocycles. The first-order chi connectivity index (χ1) is 25.9. The highest BCUT2D eigenvalue weighted by Gasteiger charge is 2.32. The lowest BCUT2D eigenvalue weighted by molar-refractivity contribution is -0.142. The number of hydrogen-bond donors (Lipinski definition) is 6. The first-order valence-electron chi connectivity index (χ1n) is 17.8. The summed E-state index contributed by atoms with van der Waals surface area (Å²) < 4.78 is 3.65. The van der Waals surface area contributed by atoms with E-state index in [4.69, 9.17) is 10.2 Å². The number of hydrogen-bond acceptors (Lipinski definition) is 8. The summed E-state index contributed by atoms with van der Waals surface area (Å²) in [5.74, 6) is -8.64. The number of amides is 4. The van der Waals surface area contributed by atoms with Gasteiger partial charge in [0, 0.05) is 47.3 Å². The van der Waals surface area contributed by atoms with Crippen molar-refractivity contribution in [2.45, 2.75) is 85.2 Å². The Kier molecular flexibility index (Phi) is 13.3. The van der Waals surface area contributed by atoms with Crippen LogP contribution in [-0.2, 0) is 41.9 Å². The van der Waals surface area contributed by atoms with Gasteiger partial charge in [-0.3, -0.25) is 38.4 Å². The monoisotopic (exact) mass is 758 g/mol. The summed E-state index contributed by atoms with van der Waals surface area (Å²) in [6.07, 6.45) is 3.62. The second kappa shape index (κ2) is 17.7. The van der Waals surface area contributed by atoms with Crippen molar-refractivity contribution in [1.82, 2.24) is 30.4 Å². The van der Waals surface area contributed by atoms with Crippen LogP contribution < -0.4 is 21.3 Å². The van der Waals surface area contributed by atoms with E-state index in [1.165, 1.54) is 13.8 Å². The van der Waals surface area contributed by atoms with Gasteiger partial charge in [0.15, 0.2) is 0 Å². The van der Waals surface area contributed by atoms with Gasteiger partial charge in [-0.1, -0.05) is 64.1 Å². The maximum atomic E-state index is 13.5. The molecule has 0 unspecified atom stereocenters. The van der Waals surface area contributed by atoms with Gasteiger partial charge in [0.1, 0.15) is 24.2 Å². The predicted molar refractivity (Wildman–Crippen MR) is 201 cm³/mol. The number of para-hydroxylation sites is 2. The van der Waals surface area contributed by atoms with Crippen LogP contribution in [0.25, 0.3) is 21.8 Å². The molecule has 4 amide bonds. The number of nitrogens with one attached hydrogen (secondary N) is 4. The van der Waals surface area contributed by atoms with E-state index in [0.717, 1.165) is 0 Å². The van der Waals surface area contributed by atoms with Gasteiger partial charge in [0.25, 0.3) is 23.4 Å². The van der Waals surface area contributed by atoms with Gasteiger partial charge in [-0.25, -0.2) is 0 Å². The molecule has 0 saturated carbocycles. The number of carbonyl (C=O) groups excluding carboxylic acids is 6. The summed E-state index contributed by atoms with van der Waals surface area (Å²) in [7, 11) is 0. The highest BCUT2D eigenvalue weighted by Crippen LogP contribution is 2.25. The summed E-state index contributed by atoms with van der Waals surface area (Å²) in [6, 6.07) is 9.33. The van der Waals surface area contributed by atoms with Crippen molar-refractivity contribution in [2.75, 3.05) is 0 Å². The van der Waals surface area contributed by atoms with Crippen LogP contribution in [0.2, 0.25) is 0 Å². The Morgan fingerprint density at radius 2 is 0.891 bits per heavy atom. The number of fused-ring (bicyclic) bond motifs is 2. The van der Waals surface area contributed by atoms with E-state index < -0.39 is 83.1 Å². The predicted octanol–water partition coefficient (Wildman–Crippen LogP) is 2.51. The molecule has 2 heterocycles. The Morgan fingerprint density at radius 3 is 1.22 bits per heavy atom. The fraction of sp³-hybridized carbons (Fsp3) is 0.385. The Balaban J connectivity index is 1.51. The molecule has 0 saturated heterocycles. The number of benzene rings is 2. The van der Waals surface area contributed by atoms with Gasteiger partial charge in [-0.05, 0) is 44.2 Å². The molecule has 2 aromatic carbocycles. The number of carboxylic acid groups (broad SMARTS) is 2. The normalized spacial score (nSPS) is 13.5. The number of nitrogens with zero attached hydrogens (tertiary/aromatic N) is 2. The summed E-state index contributed by atoms with van der Waals surface area (Å²) in [4.78, 5) is 101. The lowest BCUT2D eigenvalue weighted by Crippen LogP contribution is -2.54. The van der Waals surface area contributed by atoms with Crippen LogP contribution in [0.1, 0.15) is 68.7 Å². The van der Waals surface area contributed by atoms with Crippen LogP contribution in [0.15, 0.2) is 60.9 Å². The van der Waals surface area contributed by atoms with Crippen molar-refractivity contribution < 1.29 is 48.6 Å². The lowest BCUT2D eigenvalue weighted by Gasteiger charge is -2.22. The van der Waals surface area contributed by atoms with Crippen molar-refractivity contribution in [1.29, 1.82) is 0 Å². The topological polar surface area (TPSA) is 235 Å². The van der Waals surface area contributed by atoms with Crippen molar-refractivity contribution in [2.24, 2.45) is 11.8 Å². The number of rotatable bonds is 18. The molecule has 4 rings (SSSR count). The van der Waals surface area contributed by atoms with Crippen molar-refractivity contribution in [3.05, 3.63) is 72.1 Å². The molecule has 4 aromatic rings.